The molecule has 0 fully saturated rings. The van der Waals surface area contributed by atoms with Crippen LogP contribution in [0, 0.1) is 19.7 Å². The van der Waals surface area contributed by atoms with E-state index in [1.165, 1.54) is 18.2 Å². The maximum Gasteiger partial charge on any atom is 0.237 e. The molecular formula is C22H20FN3O2S. The van der Waals surface area contributed by atoms with Gasteiger partial charge in [0.1, 0.15) is 11.5 Å². The molecule has 0 radical (unpaired) electrons. The van der Waals surface area contributed by atoms with E-state index in [4.69, 9.17) is 0 Å². The van der Waals surface area contributed by atoms with Crippen LogP contribution in [0.2, 0.25) is 0 Å². The summed E-state index contributed by atoms with van der Waals surface area (Å²) < 4.78 is 43.6. The van der Waals surface area contributed by atoms with Gasteiger partial charge in [0.15, 0.2) is 0 Å². The molecule has 4 rings (SSSR count). The third kappa shape index (κ3) is 4.14. The van der Waals surface area contributed by atoms with Gasteiger partial charge in [-0.2, -0.15) is 0 Å². The van der Waals surface area contributed by atoms with Crippen molar-refractivity contribution in [3.63, 3.8) is 0 Å². The van der Waals surface area contributed by atoms with Crippen LogP contribution in [0.5, 0.6) is 0 Å². The van der Waals surface area contributed by atoms with Crippen LogP contribution in [0.25, 0.3) is 16.9 Å². The number of anilines is 1. The zero-order chi connectivity index (χ0) is 20.6. The molecule has 0 aliphatic heterocycles. The molecule has 5 nitrogen and oxygen atoms in total. The Hall–Kier alpha value is -3.19. The summed E-state index contributed by atoms with van der Waals surface area (Å²) in [4.78, 5) is 4.63. The van der Waals surface area contributed by atoms with Crippen LogP contribution in [0.1, 0.15) is 16.7 Å². The smallest absolute Gasteiger partial charge is 0.237 e. The maximum absolute atomic E-state index is 13.9. The van der Waals surface area contributed by atoms with Crippen LogP contribution in [0.3, 0.4) is 0 Å². The third-order valence-electron chi connectivity index (χ3n) is 4.72. The van der Waals surface area contributed by atoms with E-state index in [0.29, 0.717) is 5.69 Å². The number of pyridine rings is 1. The molecule has 0 aliphatic carbocycles. The number of halogens is 1. The van der Waals surface area contributed by atoms with Crippen molar-refractivity contribution in [1.82, 2.24) is 9.38 Å². The van der Waals surface area contributed by atoms with Crippen LogP contribution in [-0.2, 0) is 15.8 Å². The lowest BCUT2D eigenvalue weighted by Gasteiger charge is -2.12. The first-order chi connectivity index (χ1) is 13.8. The summed E-state index contributed by atoms with van der Waals surface area (Å²) in [5.74, 6) is -0.972. The summed E-state index contributed by atoms with van der Waals surface area (Å²) in [5, 5.41) is 0. The van der Waals surface area contributed by atoms with Gasteiger partial charge in [-0.15, -0.1) is 0 Å². The molecule has 0 bridgehead atoms. The first-order valence-corrected chi connectivity index (χ1v) is 10.8. The monoisotopic (exact) mass is 409 g/mol. The average molecular weight is 409 g/mol. The quantitative estimate of drug-likeness (QED) is 0.520. The van der Waals surface area contributed by atoms with E-state index >= 15 is 0 Å². The number of aromatic nitrogens is 2. The standard InChI is InChI=1S/C22H20FN3O2S/c1-15-9-10-26-13-21(24-22(26)11-15)17-8-7-16(2)20(12-17)25-29(27,28)14-18-5-3-4-6-19(18)23/h3-13,25H,14H2,1-2H3. The number of benzene rings is 2. The van der Waals surface area contributed by atoms with E-state index in [2.05, 4.69) is 9.71 Å². The number of nitrogens with zero attached hydrogens (tertiary/aromatic N) is 2. The molecule has 148 valence electrons. The molecule has 0 aliphatic rings. The van der Waals surface area contributed by atoms with Crippen molar-refractivity contribution in [3.8, 4) is 11.3 Å². The Bertz CT molecular complexity index is 1310. The molecule has 0 amide bonds. The number of sulfonamides is 1. The number of aryl methyl sites for hydroxylation is 2. The fraction of sp³-hybridized carbons (Fsp3) is 0.136. The highest BCUT2D eigenvalue weighted by Gasteiger charge is 2.16. The molecule has 0 saturated carbocycles. The predicted molar refractivity (Wildman–Crippen MR) is 113 cm³/mol. The first-order valence-electron chi connectivity index (χ1n) is 9.11. The Balaban J connectivity index is 1.65. The molecule has 0 spiro atoms. The number of imidazole rings is 1. The lowest BCUT2D eigenvalue weighted by Crippen LogP contribution is -2.16. The predicted octanol–water partition coefficient (Wildman–Crippen LogP) is 4.70. The van der Waals surface area contributed by atoms with Crippen molar-refractivity contribution in [2.45, 2.75) is 19.6 Å². The fourth-order valence-electron chi connectivity index (χ4n) is 3.14. The molecule has 4 aromatic rings. The highest BCUT2D eigenvalue weighted by Crippen LogP contribution is 2.27. The molecule has 1 N–H and O–H groups in total. The lowest BCUT2D eigenvalue weighted by molar-refractivity contribution is 0.591. The molecule has 2 aromatic heterocycles. The van der Waals surface area contributed by atoms with Gasteiger partial charge in [-0.3, -0.25) is 4.72 Å². The zero-order valence-electron chi connectivity index (χ0n) is 16.1. The van der Waals surface area contributed by atoms with Crippen molar-refractivity contribution in [2.75, 3.05) is 4.72 Å². The second-order valence-electron chi connectivity index (χ2n) is 7.08. The van der Waals surface area contributed by atoms with Gasteiger partial charge in [0.05, 0.1) is 17.1 Å². The Morgan fingerprint density at radius 2 is 1.86 bits per heavy atom. The first kappa shape index (κ1) is 19.1. The van der Waals surface area contributed by atoms with Crippen LogP contribution >= 0.6 is 0 Å². The summed E-state index contributed by atoms with van der Waals surface area (Å²) >= 11 is 0. The van der Waals surface area contributed by atoms with Gasteiger partial charge in [-0.05, 0) is 49.2 Å². The van der Waals surface area contributed by atoms with Crippen LogP contribution in [-0.4, -0.2) is 17.8 Å². The van der Waals surface area contributed by atoms with Crippen molar-refractivity contribution in [2.24, 2.45) is 0 Å². The molecular weight excluding hydrogens is 389 g/mol. The van der Waals surface area contributed by atoms with Crippen molar-refractivity contribution < 1.29 is 12.8 Å². The average Bonchev–Trinajstić information content (AvgIpc) is 3.08. The Morgan fingerprint density at radius 1 is 1.07 bits per heavy atom. The summed E-state index contributed by atoms with van der Waals surface area (Å²) in [6.07, 6.45) is 3.84. The van der Waals surface area contributed by atoms with E-state index in [9.17, 15) is 12.8 Å². The lowest BCUT2D eigenvalue weighted by atomic mass is 10.1. The Kier molecular flexibility index (Phi) is 4.84. The molecule has 7 heteroatoms. The van der Waals surface area contributed by atoms with Gasteiger partial charge < -0.3 is 4.40 Å². The van der Waals surface area contributed by atoms with Gasteiger partial charge in [0, 0.05) is 23.5 Å². The molecule has 0 atom stereocenters. The van der Waals surface area contributed by atoms with Crippen LogP contribution in [0.4, 0.5) is 10.1 Å². The summed E-state index contributed by atoms with van der Waals surface area (Å²) in [6.45, 7) is 3.82. The van der Waals surface area contributed by atoms with Crippen molar-refractivity contribution >= 4 is 21.4 Å². The van der Waals surface area contributed by atoms with E-state index < -0.39 is 21.6 Å². The van der Waals surface area contributed by atoms with Crippen molar-refractivity contribution in [1.29, 1.82) is 0 Å². The molecule has 0 unspecified atom stereocenters. The van der Waals surface area contributed by atoms with Gasteiger partial charge >= 0.3 is 0 Å². The van der Waals surface area contributed by atoms with Crippen LogP contribution in [0.15, 0.2) is 67.0 Å². The van der Waals surface area contributed by atoms with E-state index in [1.54, 1.807) is 12.1 Å². The molecule has 2 aromatic carbocycles. The third-order valence-corrected chi connectivity index (χ3v) is 5.94. The minimum absolute atomic E-state index is 0.129. The molecule has 0 saturated heterocycles. The number of hydrogen-bond donors (Lipinski definition) is 1. The van der Waals surface area contributed by atoms with Gasteiger partial charge in [-0.25, -0.2) is 17.8 Å². The number of hydrogen-bond acceptors (Lipinski definition) is 3. The highest BCUT2D eigenvalue weighted by molar-refractivity contribution is 7.91. The summed E-state index contributed by atoms with van der Waals surface area (Å²) in [7, 11) is -3.78. The highest BCUT2D eigenvalue weighted by atomic mass is 32.2. The topological polar surface area (TPSA) is 63.5 Å². The number of nitrogens with one attached hydrogen (secondary N) is 1. The second-order valence-corrected chi connectivity index (χ2v) is 8.80. The Labute approximate surface area is 168 Å². The Morgan fingerprint density at radius 3 is 2.66 bits per heavy atom. The SMILES string of the molecule is Cc1ccn2cc(-c3ccc(C)c(NS(=O)(=O)Cc4ccccc4F)c3)nc2c1. The zero-order valence-corrected chi connectivity index (χ0v) is 16.9. The van der Waals surface area contributed by atoms with E-state index in [1.807, 2.05) is 54.9 Å². The van der Waals surface area contributed by atoms with Crippen LogP contribution < -0.4 is 4.72 Å². The van der Waals surface area contributed by atoms with Gasteiger partial charge in [0.2, 0.25) is 10.0 Å². The summed E-state index contributed by atoms with van der Waals surface area (Å²) in [5.41, 5.74) is 4.81. The van der Waals surface area contributed by atoms with E-state index in [-0.39, 0.29) is 5.56 Å². The second kappa shape index (κ2) is 7.33. The normalized spacial score (nSPS) is 11.7. The summed E-state index contributed by atoms with van der Waals surface area (Å²) in [6, 6.07) is 15.3. The number of rotatable bonds is 5. The minimum Gasteiger partial charge on any atom is -0.306 e. The molecule has 29 heavy (non-hydrogen) atoms. The number of fused-ring (bicyclic) bond motifs is 1. The van der Waals surface area contributed by atoms with E-state index in [0.717, 1.165) is 28.0 Å². The van der Waals surface area contributed by atoms with Crippen molar-refractivity contribution in [3.05, 3.63) is 89.5 Å². The fourth-order valence-corrected chi connectivity index (χ4v) is 4.41. The minimum atomic E-state index is -3.78. The van der Waals surface area contributed by atoms with Gasteiger partial charge in [-0.1, -0.05) is 30.3 Å². The molecule has 2 heterocycles. The largest absolute Gasteiger partial charge is 0.306 e. The maximum atomic E-state index is 13.9. The van der Waals surface area contributed by atoms with Gasteiger partial charge in [0.25, 0.3) is 0 Å².